The lowest BCUT2D eigenvalue weighted by Gasteiger charge is -2.11. The largest absolute Gasteiger partial charge is 0.383 e. The second kappa shape index (κ2) is 6.64. The lowest BCUT2D eigenvalue weighted by Crippen LogP contribution is -2.39. The summed E-state index contributed by atoms with van der Waals surface area (Å²) in [7, 11) is 3.56. The molecule has 1 aromatic heterocycles. The number of benzene rings is 1. The molecule has 1 heterocycles. The lowest BCUT2D eigenvalue weighted by atomic mass is 10.2. The standard InChI is InChI=1S/C15H20N4O2.ClH/c1-19-13-6-5-10(17-15(20)11(16)8-21-2)7-12(13)18-14(19)9-3-4-9;/h5-7,9,11H,3-4,8,16H2,1-2H3,(H,17,20);1H. The maximum absolute atomic E-state index is 11.9. The third-order valence-corrected chi connectivity index (χ3v) is 3.81. The van der Waals surface area contributed by atoms with E-state index >= 15 is 0 Å². The summed E-state index contributed by atoms with van der Waals surface area (Å²) < 4.78 is 7.02. The maximum Gasteiger partial charge on any atom is 0.243 e. The number of amides is 1. The van der Waals surface area contributed by atoms with Crippen LogP contribution < -0.4 is 11.1 Å². The molecule has 2 aromatic rings. The highest BCUT2D eigenvalue weighted by molar-refractivity contribution is 5.96. The molecule has 3 N–H and O–H groups in total. The van der Waals surface area contributed by atoms with Gasteiger partial charge in [0.15, 0.2) is 0 Å². The number of carbonyl (C=O) groups is 1. The summed E-state index contributed by atoms with van der Waals surface area (Å²) in [5.74, 6) is 1.47. The number of fused-ring (bicyclic) bond motifs is 1. The first kappa shape index (κ1) is 16.7. The smallest absolute Gasteiger partial charge is 0.243 e. The fourth-order valence-corrected chi connectivity index (χ4v) is 2.49. The number of nitrogens with two attached hydrogens (primary N) is 1. The number of nitrogens with zero attached hydrogens (tertiary/aromatic N) is 2. The fraction of sp³-hybridized carbons (Fsp3) is 0.467. The van der Waals surface area contributed by atoms with Crippen molar-refractivity contribution in [3.8, 4) is 0 Å². The Bertz CT molecular complexity index is 681. The Balaban J connectivity index is 0.00000176. The first-order valence-electron chi connectivity index (χ1n) is 7.12. The van der Waals surface area contributed by atoms with Gasteiger partial charge in [0.05, 0.1) is 17.6 Å². The van der Waals surface area contributed by atoms with Crippen molar-refractivity contribution in [2.45, 2.75) is 24.8 Å². The Morgan fingerprint density at radius 3 is 2.91 bits per heavy atom. The summed E-state index contributed by atoms with van der Waals surface area (Å²) in [6, 6.07) is 5.07. The third kappa shape index (κ3) is 3.24. The average Bonchev–Trinajstić information content (AvgIpc) is 3.24. The van der Waals surface area contributed by atoms with Crippen LogP contribution in [0.1, 0.15) is 24.6 Å². The molecule has 1 fully saturated rings. The first-order chi connectivity index (χ1) is 10.1. The van der Waals surface area contributed by atoms with E-state index in [4.69, 9.17) is 10.5 Å². The molecule has 1 saturated carbocycles. The highest BCUT2D eigenvalue weighted by Crippen LogP contribution is 2.40. The van der Waals surface area contributed by atoms with Crippen molar-refractivity contribution in [3.05, 3.63) is 24.0 Å². The highest BCUT2D eigenvalue weighted by atomic mass is 35.5. The molecular formula is C15H21ClN4O2. The van der Waals surface area contributed by atoms with Crippen molar-refractivity contribution in [2.75, 3.05) is 19.0 Å². The van der Waals surface area contributed by atoms with Crippen molar-refractivity contribution >= 4 is 35.0 Å². The summed E-state index contributed by atoms with van der Waals surface area (Å²) in [5.41, 5.74) is 8.40. The summed E-state index contributed by atoms with van der Waals surface area (Å²) in [6.45, 7) is 0.198. The van der Waals surface area contributed by atoms with Crippen molar-refractivity contribution < 1.29 is 9.53 Å². The fourth-order valence-electron chi connectivity index (χ4n) is 2.49. The Morgan fingerprint density at radius 1 is 1.55 bits per heavy atom. The van der Waals surface area contributed by atoms with Crippen LogP contribution in [0.2, 0.25) is 0 Å². The number of imidazole rings is 1. The molecule has 22 heavy (non-hydrogen) atoms. The van der Waals surface area contributed by atoms with E-state index in [0.717, 1.165) is 16.9 Å². The van der Waals surface area contributed by atoms with Gasteiger partial charge < -0.3 is 20.4 Å². The van der Waals surface area contributed by atoms with Gasteiger partial charge in [-0.2, -0.15) is 0 Å². The number of methoxy groups -OCH3 is 1. The van der Waals surface area contributed by atoms with Crippen LogP contribution in [-0.2, 0) is 16.6 Å². The molecule has 0 radical (unpaired) electrons. The number of nitrogens with one attached hydrogen (secondary N) is 1. The number of carbonyl (C=O) groups excluding carboxylic acids is 1. The molecule has 0 aliphatic heterocycles. The van der Waals surface area contributed by atoms with Gasteiger partial charge in [0.25, 0.3) is 0 Å². The molecule has 0 saturated heterocycles. The molecule has 120 valence electrons. The average molecular weight is 325 g/mol. The van der Waals surface area contributed by atoms with Gasteiger partial charge in [0.1, 0.15) is 11.9 Å². The topological polar surface area (TPSA) is 82.2 Å². The molecule has 1 atom stereocenters. The second-order valence-corrected chi connectivity index (χ2v) is 5.56. The van der Waals surface area contributed by atoms with E-state index in [-0.39, 0.29) is 24.9 Å². The van der Waals surface area contributed by atoms with E-state index < -0.39 is 6.04 Å². The number of halogens is 1. The zero-order chi connectivity index (χ0) is 15.0. The zero-order valence-corrected chi connectivity index (χ0v) is 13.5. The van der Waals surface area contributed by atoms with Crippen molar-refractivity contribution in [2.24, 2.45) is 12.8 Å². The number of rotatable bonds is 5. The van der Waals surface area contributed by atoms with E-state index in [0.29, 0.717) is 11.6 Å². The highest BCUT2D eigenvalue weighted by Gasteiger charge is 2.28. The molecule has 7 heteroatoms. The van der Waals surface area contributed by atoms with Gasteiger partial charge in [-0.25, -0.2) is 4.98 Å². The molecule has 1 amide bonds. The van der Waals surface area contributed by atoms with Crippen LogP contribution in [0.15, 0.2) is 18.2 Å². The van der Waals surface area contributed by atoms with E-state index in [1.807, 2.05) is 25.2 Å². The number of hydrogen-bond donors (Lipinski definition) is 2. The zero-order valence-electron chi connectivity index (χ0n) is 12.7. The molecule has 1 unspecified atom stereocenters. The number of hydrogen-bond acceptors (Lipinski definition) is 4. The first-order valence-corrected chi connectivity index (χ1v) is 7.12. The molecule has 3 rings (SSSR count). The number of aromatic nitrogens is 2. The van der Waals surface area contributed by atoms with Crippen LogP contribution in [0.3, 0.4) is 0 Å². The molecule has 6 nitrogen and oxygen atoms in total. The van der Waals surface area contributed by atoms with Crippen LogP contribution in [0.5, 0.6) is 0 Å². The van der Waals surface area contributed by atoms with Gasteiger partial charge in [-0.15, -0.1) is 12.4 Å². The van der Waals surface area contributed by atoms with Crippen molar-refractivity contribution in [1.82, 2.24) is 9.55 Å². The minimum atomic E-state index is -0.670. The van der Waals surface area contributed by atoms with Crippen LogP contribution >= 0.6 is 12.4 Å². The predicted octanol–water partition coefficient (Wildman–Crippen LogP) is 1.78. The Morgan fingerprint density at radius 2 is 2.27 bits per heavy atom. The molecular weight excluding hydrogens is 304 g/mol. The van der Waals surface area contributed by atoms with Gasteiger partial charge in [-0.1, -0.05) is 0 Å². The number of anilines is 1. The number of aryl methyl sites for hydroxylation is 1. The van der Waals surface area contributed by atoms with E-state index in [2.05, 4.69) is 14.9 Å². The monoisotopic (exact) mass is 324 g/mol. The maximum atomic E-state index is 11.9. The van der Waals surface area contributed by atoms with Gasteiger partial charge in [-0.3, -0.25) is 4.79 Å². The van der Waals surface area contributed by atoms with Crippen LogP contribution in [0.25, 0.3) is 11.0 Å². The predicted molar refractivity (Wildman–Crippen MR) is 88.4 cm³/mol. The normalized spacial score (nSPS) is 15.4. The minimum Gasteiger partial charge on any atom is -0.383 e. The third-order valence-electron chi connectivity index (χ3n) is 3.81. The summed E-state index contributed by atoms with van der Waals surface area (Å²) in [5, 5.41) is 2.80. The van der Waals surface area contributed by atoms with Gasteiger partial charge >= 0.3 is 0 Å². The summed E-state index contributed by atoms with van der Waals surface area (Å²) in [6.07, 6.45) is 2.43. The number of ether oxygens (including phenoxy) is 1. The SMILES string of the molecule is COCC(N)C(=O)Nc1ccc2c(c1)nc(C1CC1)n2C.Cl. The Hall–Kier alpha value is -1.63. The second-order valence-electron chi connectivity index (χ2n) is 5.56. The van der Waals surface area contributed by atoms with Crippen molar-refractivity contribution in [3.63, 3.8) is 0 Å². The molecule has 0 bridgehead atoms. The van der Waals surface area contributed by atoms with Crippen LogP contribution in [0, 0.1) is 0 Å². The minimum absolute atomic E-state index is 0. The van der Waals surface area contributed by atoms with Crippen molar-refractivity contribution in [1.29, 1.82) is 0 Å². The van der Waals surface area contributed by atoms with Gasteiger partial charge in [0, 0.05) is 25.8 Å². The summed E-state index contributed by atoms with van der Waals surface area (Å²) in [4.78, 5) is 16.6. The lowest BCUT2D eigenvalue weighted by molar-refractivity contribution is -0.118. The molecule has 1 aromatic carbocycles. The quantitative estimate of drug-likeness (QED) is 0.878. The van der Waals surface area contributed by atoms with Crippen LogP contribution in [0.4, 0.5) is 5.69 Å². The summed E-state index contributed by atoms with van der Waals surface area (Å²) >= 11 is 0. The van der Waals surface area contributed by atoms with E-state index in [9.17, 15) is 4.79 Å². The Kier molecular flexibility index (Phi) is 5.05. The van der Waals surface area contributed by atoms with E-state index in [1.54, 1.807) is 0 Å². The van der Waals surface area contributed by atoms with E-state index in [1.165, 1.54) is 20.0 Å². The van der Waals surface area contributed by atoms with Crippen LogP contribution in [-0.4, -0.2) is 35.2 Å². The Labute approximate surface area is 135 Å². The van der Waals surface area contributed by atoms with Gasteiger partial charge in [0.2, 0.25) is 5.91 Å². The molecule has 1 aliphatic rings. The van der Waals surface area contributed by atoms with Gasteiger partial charge in [-0.05, 0) is 31.0 Å². The molecule has 0 spiro atoms. The molecule has 1 aliphatic carbocycles.